The Bertz CT molecular complexity index is 464. The molecule has 5 nitrogen and oxygen atoms in total. The maximum Gasteiger partial charge on any atom is 0.170 e. The average Bonchev–Trinajstić information content (AvgIpc) is 2.46. The van der Waals surface area contributed by atoms with Crippen LogP contribution in [0.5, 0.6) is 0 Å². The molecular weight excluding hydrogens is 290 g/mol. The number of rotatable bonds is 9. The van der Waals surface area contributed by atoms with Gasteiger partial charge in [0.15, 0.2) is 5.84 Å². The van der Waals surface area contributed by atoms with E-state index < -0.39 is 0 Å². The lowest BCUT2D eigenvalue weighted by atomic mass is 10.1. The van der Waals surface area contributed by atoms with Crippen LogP contribution in [0.15, 0.2) is 23.4 Å². The molecule has 0 atom stereocenters. The Balaban J connectivity index is 2.30. The molecular formula is C15H24ClN3O2. The second kappa shape index (κ2) is 9.60. The Morgan fingerprint density at radius 3 is 2.81 bits per heavy atom. The maximum atomic E-state index is 8.62. The summed E-state index contributed by atoms with van der Waals surface area (Å²) in [5.74, 6) is 0.0570. The summed E-state index contributed by atoms with van der Waals surface area (Å²) < 4.78 is 5.48. The van der Waals surface area contributed by atoms with Gasteiger partial charge in [-0.2, -0.15) is 0 Å². The summed E-state index contributed by atoms with van der Waals surface area (Å²) >= 11 is 6.18. The topological polar surface area (TPSA) is 79.9 Å². The number of hydrogen-bond acceptors (Lipinski definition) is 4. The molecule has 21 heavy (non-hydrogen) atoms. The standard InChI is InChI=1S/C15H24ClN3O2/c1-11(2)21-8-4-3-7-18-10-13-6-5-12(9-14(13)16)15(17)19-20/h5-6,9,11,18,20H,3-4,7-8,10H2,1-2H3,(H2,17,19). The summed E-state index contributed by atoms with van der Waals surface area (Å²) in [5, 5.41) is 15.5. The number of unbranched alkanes of at least 4 members (excludes halogenated alkanes) is 1. The first-order chi connectivity index (χ1) is 10.0. The molecule has 0 amide bonds. The quantitative estimate of drug-likeness (QED) is 0.215. The van der Waals surface area contributed by atoms with Crippen LogP contribution in [0.2, 0.25) is 5.02 Å². The van der Waals surface area contributed by atoms with Crippen molar-refractivity contribution in [2.24, 2.45) is 10.9 Å². The number of nitrogens with zero attached hydrogens (tertiary/aromatic N) is 1. The second-order valence-corrected chi connectivity index (χ2v) is 5.50. The Hall–Kier alpha value is -1.30. The highest BCUT2D eigenvalue weighted by atomic mass is 35.5. The highest BCUT2D eigenvalue weighted by molar-refractivity contribution is 6.31. The van der Waals surface area contributed by atoms with Gasteiger partial charge in [-0.25, -0.2) is 0 Å². The van der Waals surface area contributed by atoms with Crippen LogP contribution in [-0.4, -0.2) is 30.3 Å². The lowest BCUT2D eigenvalue weighted by Gasteiger charge is -2.09. The van der Waals surface area contributed by atoms with Crippen molar-refractivity contribution in [3.63, 3.8) is 0 Å². The minimum Gasteiger partial charge on any atom is -0.409 e. The first-order valence-corrected chi connectivity index (χ1v) is 7.51. The highest BCUT2D eigenvalue weighted by Crippen LogP contribution is 2.17. The number of nitrogens with one attached hydrogen (secondary N) is 1. The third-order valence-corrected chi connectivity index (χ3v) is 3.32. The molecule has 0 aliphatic rings. The minimum absolute atomic E-state index is 0.0570. The van der Waals surface area contributed by atoms with Crippen LogP contribution < -0.4 is 11.1 Å². The van der Waals surface area contributed by atoms with Crippen molar-refractivity contribution in [2.45, 2.75) is 39.3 Å². The smallest absolute Gasteiger partial charge is 0.170 e. The fourth-order valence-corrected chi connectivity index (χ4v) is 2.05. The zero-order valence-corrected chi connectivity index (χ0v) is 13.4. The zero-order chi connectivity index (χ0) is 15.7. The molecule has 4 N–H and O–H groups in total. The molecule has 1 rings (SSSR count). The van der Waals surface area contributed by atoms with Gasteiger partial charge in [-0.1, -0.05) is 28.9 Å². The Morgan fingerprint density at radius 2 is 2.19 bits per heavy atom. The summed E-state index contributed by atoms with van der Waals surface area (Å²) in [6.45, 7) is 6.49. The predicted octanol–water partition coefficient (Wildman–Crippen LogP) is 2.73. The molecule has 0 saturated heterocycles. The zero-order valence-electron chi connectivity index (χ0n) is 12.6. The van der Waals surface area contributed by atoms with Gasteiger partial charge in [0.05, 0.1) is 6.10 Å². The lowest BCUT2D eigenvalue weighted by molar-refractivity contribution is 0.0760. The highest BCUT2D eigenvalue weighted by Gasteiger charge is 2.04. The van der Waals surface area contributed by atoms with Gasteiger partial charge in [0.1, 0.15) is 0 Å². The van der Waals surface area contributed by atoms with Crippen LogP contribution >= 0.6 is 11.6 Å². The van der Waals surface area contributed by atoms with E-state index in [0.717, 1.165) is 31.6 Å². The van der Waals surface area contributed by atoms with Crippen LogP contribution in [0.1, 0.15) is 37.8 Å². The van der Waals surface area contributed by atoms with Crippen molar-refractivity contribution in [1.82, 2.24) is 5.32 Å². The molecule has 0 saturated carbocycles. The van der Waals surface area contributed by atoms with Gasteiger partial charge >= 0.3 is 0 Å². The Morgan fingerprint density at radius 1 is 1.43 bits per heavy atom. The number of amidine groups is 1. The molecule has 0 aromatic heterocycles. The normalized spacial score (nSPS) is 12.1. The average molecular weight is 314 g/mol. The van der Waals surface area contributed by atoms with E-state index in [0.29, 0.717) is 23.2 Å². The third kappa shape index (κ3) is 6.80. The van der Waals surface area contributed by atoms with Crippen molar-refractivity contribution >= 4 is 17.4 Å². The first-order valence-electron chi connectivity index (χ1n) is 7.13. The second-order valence-electron chi connectivity index (χ2n) is 5.09. The number of oxime groups is 1. The lowest BCUT2D eigenvalue weighted by Crippen LogP contribution is -2.17. The SMILES string of the molecule is CC(C)OCCCCNCc1ccc(/C(N)=N/O)cc1Cl. The molecule has 0 bridgehead atoms. The molecule has 0 heterocycles. The van der Waals surface area contributed by atoms with Crippen LogP contribution in [0, 0.1) is 0 Å². The molecule has 118 valence electrons. The van der Waals surface area contributed by atoms with E-state index in [1.807, 2.05) is 19.9 Å². The number of nitrogens with two attached hydrogens (primary N) is 1. The Labute approximate surface area is 131 Å². The van der Waals surface area contributed by atoms with E-state index >= 15 is 0 Å². The molecule has 0 fully saturated rings. The van der Waals surface area contributed by atoms with E-state index in [9.17, 15) is 0 Å². The summed E-state index contributed by atoms with van der Waals surface area (Å²) in [4.78, 5) is 0. The van der Waals surface area contributed by atoms with Gasteiger partial charge < -0.3 is 21.0 Å². The maximum absolute atomic E-state index is 8.62. The predicted molar refractivity (Wildman–Crippen MR) is 86.0 cm³/mol. The van der Waals surface area contributed by atoms with Gasteiger partial charge in [0.25, 0.3) is 0 Å². The van der Waals surface area contributed by atoms with Crippen LogP contribution in [0.25, 0.3) is 0 Å². The van der Waals surface area contributed by atoms with Crippen LogP contribution in [-0.2, 0) is 11.3 Å². The number of halogens is 1. The summed E-state index contributed by atoms with van der Waals surface area (Å²) in [7, 11) is 0. The third-order valence-electron chi connectivity index (χ3n) is 2.97. The molecule has 0 spiro atoms. The van der Waals surface area contributed by atoms with Crippen molar-refractivity contribution in [2.75, 3.05) is 13.2 Å². The molecule has 6 heteroatoms. The summed E-state index contributed by atoms with van der Waals surface area (Å²) in [6, 6.07) is 5.36. The molecule has 1 aromatic rings. The fraction of sp³-hybridized carbons (Fsp3) is 0.533. The molecule has 0 aliphatic carbocycles. The van der Waals surface area contributed by atoms with E-state index in [4.69, 9.17) is 27.3 Å². The minimum atomic E-state index is 0.0570. The van der Waals surface area contributed by atoms with Gasteiger partial charge in [-0.05, 0) is 44.9 Å². The van der Waals surface area contributed by atoms with Crippen LogP contribution in [0.4, 0.5) is 0 Å². The Kier molecular flexibility index (Phi) is 8.12. The van der Waals surface area contributed by atoms with Gasteiger partial charge in [-0.15, -0.1) is 0 Å². The fourth-order valence-electron chi connectivity index (χ4n) is 1.80. The first kappa shape index (κ1) is 17.8. The molecule has 0 aliphatic heterocycles. The van der Waals surface area contributed by atoms with Crippen LogP contribution in [0.3, 0.4) is 0 Å². The number of benzene rings is 1. The largest absolute Gasteiger partial charge is 0.409 e. The summed E-state index contributed by atoms with van der Waals surface area (Å²) in [5.41, 5.74) is 7.12. The van der Waals surface area contributed by atoms with Gasteiger partial charge in [0.2, 0.25) is 0 Å². The van der Waals surface area contributed by atoms with Crippen molar-refractivity contribution < 1.29 is 9.94 Å². The molecule has 0 unspecified atom stereocenters. The van der Waals surface area contributed by atoms with Crippen molar-refractivity contribution in [3.05, 3.63) is 34.3 Å². The van der Waals surface area contributed by atoms with E-state index in [1.165, 1.54) is 0 Å². The van der Waals surface area contributed by atoms with Gasteiger partial charge in [0, 0.05) is 23.7 Å². The number of ether oxygens (including phenoxy) is 1. The number of hydrogen-bond donors (Lipinski definition) is 3. The van der Waals surface area contributed by atoms with Crippen molar-refractivity contribution in [1.29, 1.82) is 0 Å². The molecule has 0 radical (unpaired) electrons. The monoisotopic (exact) mass is 313 g/mol. The van der Waals surface area contributed by atoms with E-state index in [2.05, 4.69) is 10.5 Å². The van der Waals surface area contributed by atoms with Gasteiger partial charge in [-0.3, -0.25) is 0 Å². The summed E-state index contributed by atoms with van der Waals surface area (Å²) in [6.07, 6.45) is 2.40. The van der Waals surface area contributed by atoms with E-state index in [1.54, 1.807) is 12.1 Å². The molecule has 1 aromatic carbocycles. The van der Waals surface area contributed by atoms with Crippen molar-refractivity contribution in [3.8, 4) is 0 Å². The van der Waals surface area contributed by atoms with E-state index in [-0.39, 0.29) is 5.84 Å².